The number of carbonyl (C=O) groups is 4. The third-order valence-electron chi connectivity index (χ3n) is 5.74. The van der Waals surface area contributed by atoms with E-state index < -0.39 is 47.5 Å². The molecule has 0 spiro atoms. The number of amides is 5. The number of halogens is 3. The number of nitrogens with zero attached hydrogens (tertiary/aromatic N) is 3. The molecule has 0 fully saturated rings. The number of aromatic nitrogens is 3. The number of thiazole rings is 1. The van der Waals surface area contributed by atoms with Crippen LogP contribution in [0.3, 0.4) is 0 Å². The van der Waals surface area contributed by atoms with E-state index in [-0.39, 0.29) is 39.0 Å². The molecular weight excluding hydrogens is 617 g/mol. The van der Waals surface area contributed by atoms with Gasteiger partial charge in [0.25, 0.3) is 11.8 Å². The highest BCUT2D eigenvalue weighted by Gasteiger charge is 2.34. The maximum atomic E-state index is 13.3. The molecule has 0 unspecified atom stereocenters. The number of hydrogen-bond acceptors (Lipinski definition) is 9. The van der Waals surface area contributed by atoms with Crippen LogP contribution in [-0.4, -0.2) is 57.1 Å². The van der Waals surface area contributed by atoms with Crippen molar-refractivity contribution in [1.82, 2.24) is 36.4 Å². The van der Waals surface area contributed by atoms with Crippen molar-refractivity contribution >= 4 is 41.1 Å². The molecule has 3 rings (SSSR count). The summed E-state index contributed by atoms with van der Waals surface area (Å²) in [4.78, 5) is 62.0. The molecule has 0 saturated heterocycles. The molecule has 17 heteroatoms. The molecule has 5 N–H and O–H groups in total. The molecule has 0 aromatic carbocycles. The van der Waals surface area contributed by atoms with Crippen LogP contribution in [0.2, 0.25) is 0 Å². The molecule has 3 heterocycles. The van der Waals surface area contributed by atoms with E-state index >= 15 is 0 Å². The van der Waals surface area contributed by atoms with Gasteiger partial charge in [-0.2, -0.15) is 13.2 Å². The van der Waals surface area contributed by atoms with Gasteiger partial charge in [0.15, 0.2) is 5.69 Å². The van der Waals surface area contributed by atoms with Gasteiger partial charge in [0.05, 0.1) is 5.56 Å². The standard InChI is InChI=1S/C28H33F3N8O5S/c1-7-33-25(42)36-20-9-17(24-35-19(13-45-24)28(29,30)31)18(12-34-20)15-8-16(11-32-10-15)22(40)38-39-23(41)21(14(2)3)37-26(43)44-27(4,5)6/h8-14,21H,7H2,1-6H3,(H,37,43)(H,38,40)(H,39,41)(H2,33,34,36,42)/t21-/m0/s1. The molecular formula is C28H33F3N8O5S. The molecule has 3 aromatic heterocycles. The monoisotopic (exact) mass is 650 g/mol. The predicted molar refractivity (Wildman–Crippen MR) is 160 cm³/mol. The Morgan fingerprint density at radius 1 is 1.00 bits per heavy atom. The summed E-state index contributed by atoms with van der Waals surface area (Å²) in [5, 5.41) is 8.36. The first-order valence-electron chi connectivity index (χ1n) is 13.6. The van der Waals surface area contributed by atoms with Gasteiger partial charge in [-0.15, -0.1) is 11.3 Å². The third kappa shape index (κ3) is 9.85. The van der Waals surface area contributed by atoms with Crippen molar-refractivity contribution in [3.63, 3.8) is 0 Å². The van der Waals surface area contributed by atoms with Crippen molar-refractivity contribution in [1.29, 1.82) is 0 Å². The normalized spacial score (nSPS) is 12.2. The maximum Gasteiger partial charge on any atom is 0.434 e. The van der Waals surface area contributed by atoms with Crippen LogP contribution >= 0.6 is 11.3 Å². The van der Waals surface area contributed by atoms with Gasteiger partial charge in [-0.1, -0.05) is 13.8 Å². The first kappa shape index (κ1) is 34.7. The number of ether oxygens (including phenoxy) is 1. The van der Waals surface area contributed by atoms with Crippen LogP contribution in [0.4, 0.5) is 28.6 Å². The second-order valence-electron chi connectivity index (χ2n) is 10.9. The van der Waals surface area contributed by atoms with Gasteiger partial charge in [-0.25, -0.2) is 19.6 Å². The van der Waals surface area contributed by atoms with Crippen LogP contribution in [0.5, 0.6) is 0 Å². The zero-order chi connectivity index (χ0) is 33.5. The van der Waals surface area contributed by atoms with E-state index in [9.17, 15) is 32.3 Å². The second-order valence-corrected chi connectivity index (χ2v) is 11.8. The lowest BCUT2D eigenvalue weighted by molar-refractivity contribution is -0.140. The van der Waals surface area contributed by atoms with E-state index in [1.165, 1.54) is 30.7 Å². The summed E-state index contributed by atoms with van der Waals surface area (Å²) in [6, 6.07) is 1.15. The minimum Gasteiger partial charge on any atom is -0.444 e. The smallest absolute Gasteiger partial charge is 0.434 e. The summed E-state index contributed by atoms with van der Waals surface area (Å²) in [5.74, 6) is -1.79. The lowest BCUT2D eigenvalue weighted by Gasteiger charge is -2.25. The average Bonchev–Trinajstić information content (AvgIpc) is 3.45. The van der Waals surface area contributed by atoms with Crippen LogP contribution in [0, 0.1) is 5.92 Å². The van der Waals surface area contributed by atoms with E-state index in [1.54, 1.807) is 41.5 Å². The van der Waals surface area contributed by atoms with Gasteiger partial charge in [0.1, 0.15) is 22.5 Å². The van der Waals surface area contributed by atoms with Crippen LogP contribution < -0.4 is 26.8 Å². The third-order valence-corrected chi connectivity index (χ3v) is 6.62. The molecule has 3 aromatic rings. The summed E-state index contributed by atoms with van der Waals surface area (Å²) < 4.78 is 45.2. The van der Waals surface area contributed by atoms with Crippen molar-refractivity contribution in [2.24, 2.45) is 5.92 Å². The number of urea groups is 1. The summed E-state index contributed by atoms with van der Waals surface area (Å²) in [6.07, 6.45) is -1.59. The van der Waals surface area contributed by atoms with E-state index in [2.05, 4.69) is 41.8 Å². The number of rotatable bonds is 8. The molecule has 0 saturated carbocycles. The Morgan fingerprint density at radius 2 is 1.71 bits per heavy atom. The van der Waals surface area contributed by atoms with E-state index in [0.717, 1.165) is 16.7 Å². The number of alkyl carbamates (subject to hydrolysis) is 1. The van der Waals surface area contributed by atoms with Crippen molar-refractivity contribution in [3.8, 4) is 21.7 Å². The number of pyridine rings is 2. The molecule has 0 aliphatic heterocycles. The predicted octanol–water partition coefficient (Wildman–Crippen LogP) is 4.74. The van der Waals surface area contributed by atoms with E-state index in [1.807, 2.05) is 0 Å². The number of hydrogen-bond donors (Lipinski definition) is 5. The molecule has 13 nitrogen and oxygen atoms in total. The maximum absolute atomic E-state index is 13.3. The molecule has 0 radical (unpaired) electrons. The minimum atomic E-state index is -4.68. The van der Waals surface area contributed by atoms with Crippen molar-refractivity contribution in [2.45, 2.75) is 59.4 Å². The second kappa shape index (κ2) is 14.3. The Bertz CT molecular complexity index is 1560. The van der Waals surface area contributed by atoms with Crippen LogP contribution in [0.25, 0.3) is 21.7 Å². The minimum absolute atomic E-state index is 0.0143. The van der Waals surface area contributed by atoms with Crippen LogP contribution in [0.1, 0.15) is 57.6 Å². The molecule has 1 atom stereocenters. The first-order chi connectivity index (χ1) is 21.0. The zero-order valence-electron chi connectivity index (χ0n) is 25.3. The number of carbonyl (C=O) groups excluding carboxylic acids is 4. The molecule has 0 aliphatic rings. The highest BCUT2D eigenvalue weighted by atomic mass is 32.1. The summed E-state index contributed by atoms with van der Waals surface area (Å²) in [5.41, 5.74) is 3.40. The molecule has 5 amide bonds. The van der Waals surface area contributed by atoms with Gasteiger partial charge in [0.2, 0.25) is 0 Å². The number of alkyl halides is 3. The summed E-state index contributed by atoms with van der Waals surface area (Å²) in [7, 11) is 0. The number of nitrogens with one attached hydrogen (secondary N) is 5. The Morgan fingerprint density at radius 3 is 2.31 bits per heavy atom. The van der Waals surface area contributed by atoms with Gasteiger partial charge in [-0.3, -0.25) is 30.7 Å². The fourth-order valence-corrected chi connectivity index (χ4v) is 4.59. The van der Waals surface area contributed by atoms with Gasteiger partial charge < -0.3 is 15.4 Å². The first-order valence-corrected chi connectivity index (χ1v) is 14.5. The SMILES string of the molecule is CCNC(=O)Nc1cc(-c2nc(C(F)(F)F)cs2)c(-c2cncc(C(=O)NNC(=O)[C@@H](NC(=O)OC(C)(C)C)C(C)C)c2)cn1. The van der Waals surface area contributed by atoms with Crippen molar-refractivity contribution in [2.75, 3.05) is 11.9 Å². The van der Waals surface area contributed by atoms with E-state index in [4.69, 9.17) is 4.74 Å². The largest absolute Gasteiger partial charge is 0.444 e. The highest BCUT2D eigenvalue weighted by Crippen LogP contribution is 2.38. The van der Waals surface area contributed by atoms with Crippen molar-refractivity contribution in [3.05, 3.63) is 47.4 Å². The average molecular weight is 651 g/mol. The molecule has 0 bridgehead atoms. The molecule has 45 heavy (non-hydrogen) atoms. The van der Waals surface area contributed by atoms with E-state index in [0.29, 0.717) is 6.54 Å². The van der Waals surface area contributed by atoms with Crippen molar-refractivity contribution < 1.29 is 37.1 Å². The number of anilines is 1. The van der Waals surface area contributed by atoms with Crippen LogP contribution in [0.15, 0.2) is 36.1 Å². The Hall–Kier alpha value is -4.80. The quantitative estimate of drug-likeness (QED) is 0.217. The lowest BCUT2D eigenvalue weighted by Crippen LogP contribution is -2.55. The van der Waals surface area contributed by atoms with Gasteiger partial charge in [0, 0.05) is 47.2 Å². The fourth-order valence-electron chi connectivity index (χ4n) is 3.73. The highest BCUT2D eigenvalue weighted by molar-refractivity contribution is 7.13. The Kier molecular flexibility index (Phi) is 11.0. The van der Waals surface area contributed by atoms with Crippen LogP contribution in [-0.2, 0) is 15.7 Å². The Labute approximate surface area is 260 Å². The summed E-state index contributed by atoms with van der Waals surface area (Å²) in [6.45, 7) is 10.4. The molecule has 0 aliphatic carbocycles. The van der Waals surface area contributed by atoms with Gasteiger partial charge in [-0.05, 0) is 45.7 Å². The topological polar surface area (TPSA) is 176 Å². The summed E-state index contributed by atoms with van der Waals surface area (Å²) >= 11 is 0.737. The zero-order valence-corrected chi connectivity index (χ0v) is 26.1. The Balaban J connectivity index is 1.86. The fraction of sp³-hybridized carbons (Fsp3) is 0.393. The number of hydrazine groups is 1. The lowest BCUT2D eigenvalue weighted by atomic mass is 10.0. The molecule has 242 valence electrons. The van der Waals surface area contributed by atoms with Gasteiger partial charge >= 0.3 is 18.3 Å².